The van der Waals surface area contributed by atoms with E-state index in [1.54, 1.807) is 36.4 Å². The molecule has 1 heterocycles. The average molecular weight is 356 g/mol. The maximum absolute atomic E-state index is 12.3. The number of hydrogen-bond donors (Lipinski definition) is 1. The second kappa shape index (κ2) is 7.90. The fourth-order valence-electron chi connectivity index (χ4n) is 2.40. The fraction of sp³-hybridized carbons (Fsp3) is 0.150. The molecule has 0 atom stereocenters. The minimum absolute atomic E-state index is 0.237. The van der Waals surface area contributed by atoms with Gasteiger partial charge in [-0.25, -0.2) is 0 Å². The van der Waals surface area contributed by atoms with Crippen LogP contribution in [0.2, 0.25) is 5.02 Å². The molecule has 0 saturated carbocycles. The summed E-state index contributed by atoms with van der Waals surface area (Å²) in [6, 6.07) is 18.2. The molecule has 0 aliphatic rings. The summed E-state index contributed by atoms with van der Waals surface area (Å²) in [5.74, 6) is 1.23. The van der Waals surface area contributed by atoms with Gasteiger partial charge in [-0.2, -0.15) is 0 Å². The number of amides is 1. The van der Waals surface area contributed by atoms with Crippen LogP contribution in [-0.4, -0.2) is 5.91 Å². The van der Waals surface area contributed by atoms with Crippen molar-refractivity contribution in [2.45, 2.75) is 20.0 Å². The van der Waals surface area contributed by atoms with Gasteiger partial charge in [0, 0.05) is 10.7 Å². The lowest BCUT2D eigenvalue weighted by Gasteiger charge is -2.08. The number of ether oxygens (including phenoxy) is 1. The molecule has 3 aromatic rings. The molecule has 25 heavy (non-hydrogen) atoms. The SMILES string of the molecule is CCc1ccccc1NC(=O)c1ccc(COc2ccc(Cl)cc2)o1. The number of hydrogen-bond acceptors (Lipinski definition) is 3. The Morgan fingerprint density at radius 2 is 1.84 bits per heavy atom. The van der Waals surface area contributed by atoms with Crippen molar-refractivity contribution in [3.63, 3.8) is 0 Å². The Balaban J connectivity index is 1.62. The quantitative estimate of drug-likeness (QED) is 0.650. The van der Waals surface area contributed by atoms with Crippen LogP contribution in [0.1, 0.15) is 28.8 Å². The van der Waals surface area contributed by atoms with Crippen LogP contribution in [0, 0.1) is 0 Å². The van der Waals surface area contributed by atoms with E-state index in [0.717, 1.165) is 17.7 Å². The van der Waals surface area contributed by atoms with Gasteiger partial charge in [0.15, 0.2) is 5.76 Å². The number of para-hydroxylation sites is 1. The number of aryl methyl sites for hydroxylation is 1. The highest BCUT2D eigenvalue weighted by molar-refractivity contribution is 6.30. The lowest BCUT2D eigenvalue weighted by atomic mass is 10.1. The summed E-state index contributed by atoms with van der Waals surface area (Å²) in [4.78, 5) is 12.3. The van der Waals surface area contributed by atoms with Crippen molar-refractivity contribution in [2.24, 2.45) is 0 Å². The number of halogens is 1. The van der Waals surface area contributed by atoms with Gasteiger partial charge in [-0.15, -0.1) is 0 Å². The zero-order valence-corrected chi connectivity index (χ0v) is 14.5. The van der Waals surface area contributed by atoms with Crippen LogP contribution in [0.25, 0.3) is 0 Å². The second-order valence-corrected chi connectivity index (χ2v) is 5.91. The molecule has 0 radical (unpaired) electrons. The summed E-state index contributed by atoms with van der Waals surface area (Å²) in [7, 11) is 0. The Labute approximate surface area is 151 Å². The van der Waals surface area contributed by atoms with Crippen LogP contribution in [0.3, 0.4) is 0 Å². The van der Waals surface area contributed by atoms with Gasteiger partial charge in [-0.05, 0) is 54.4 Å². The van der Waals surface area contributed by atoms with E-state index in [-0.39, 0.29) is 18.3 Å². The maximum atomic E-state index is 12.3. The Morgan fingerprint density at radius 3 is 2.60 bits per heavy atom. The number of nitrogens with one attached hydrogen (secondary N) is 1. The molecule has 128 valence electrons. The molecule has 1 amide bonds. The van der Waals surface area contributed by atoms with Crippen molar-refractivity contribution in [3.8, 4) is 5.75 Å². The van der Waals surface area contributed by atoms with Crippen molar-refractivity contribution in [1.29, 1.82) is 0 Å². The number of furan rings is 1. The van der Waals surface area contributed by atoms with E-state index in [4.69, 9.17) is 20.8 Å². The van der Waals surface area contributed by atoms with Gasteiger partial charge in [0.25, 0.3) is 5.91 Å². The minimum atomic E-state index is -0.279. The van der Waals surface area contributed by atoms with Gasteiger partial charge in [-0.1, -0.05) is 36.7 Å². The third-order valence-corrected chi connectivity index (χ3v) is 3.98. The van der Waals surface area contributed by atoms with E-state index < -0.39 is 0 Å². The van der Waals surface area contributed by atoms with Crippen molar-refractivity contribution in [1.82, 2.24) is 0 Å². The molecule has 0 unspecified atom stereocenters. The summed E-state index contributed by atoms with van der Waals surface area (Å²) >= 11 is 5.84. The normalized spacial score (nSPS) is 10.5. The van der Waals surface area contributed by atoms with E-state index in [0.29, 0.717) is 16.5 Å². The molecule has 0 saturated heterocycles. The summed E-state index contributed by atoms with van der Waals surface area (Å²) in [6.07, 6.45) is 0.842. The molecular formula is C20H18ClNO3. The molecule has 3 rings (SSSR count). The van der Waals surface area contributed by atoms with Crippen LogP contribution in [0.15, 0.2) is 65.1 Å². The highest BCUT2D eigenvalue weighted by Crippen LogP contribution is 2.19. The summed E-state index contributed by atoms with van der Waals surface area (Å²) in [5, 5.41) is 3.53. The van der Waals surface area contributed by atoms with Gasteiger partial charge in [0.1, 0.15) is 18.1 Å². The van der Waals surface area contributed by atoms with Gasteiger partial charge in [0.05, 0.1) is 0 Å². The molecule has 1 aromatic heterocycles. The van der Waals surface area contributed by atoms with E-state index in [9.17, 15) is 4.79 Å². The zero-order valence-electron chi connectivity index (χ0n) is 13.8. The standard InChI is InChI=1S/C20H18ClNO3/c1-2-14-5-3-4-6-18(14)22-20(23)19-12-11-17(25-19)13-24-16-9-7-15(21)8-10-16/h3-12H,2,13H2,1H3,(H,22,23). The molecule has 0 bridgehead atoms. The third-order valence-electron chi connectivity index (χ3n) is 3.73. The van der Waals surface area contributed by atoms with Gasteiger partial charge in [-0.3, -0.25) is 4.79 Å². The summed E-state index contributed by atoms with van der Waals surface area (Å²) in [5.41, 5.74) is 1.87. The largest absolute Gasteiger partial charge is 0.486 e. The van der Waals surface area contributed by atoms with Crippen LogP contribution in [0.5, 0.6) is 5.75 Å². The molecule has 0 aliphatic heterocycles. The van der Waals surface area contributed by atoms with Crippen molar-refractivity contribution < 1.29 is 13.9 Å². The molecule has 0 fully saturated rings. The molecule has 1 N–H and O–H groups in total. The molecule has 0 spiro atoms. The first kappa shape index (κ1) is 17.1. The Hall–Kier alpha value is -2.72. The smallest absolute Gasteiger partial charge is 0.291 e. The monoisotopic (exact) mass is 355 g/mol. The summed E-state index contributed by atoms with van der Waals surface area (Å²) in [6.45, 7) is 2.28. The molecule has 4 nitrogen and oxygen atoms in total. The van der Waals surface area contributed by atoms with Crippen LogP contribution in [0.4, 0.5) is 5.69 Å². The van der Waals surface area contributed by atoms with E-state index in [1.165, 1.54) is 0 Å². The predicted octanol–water partition coefficient (Wildman–Crippen LogP) is 5.33. The lowest BCUT2D eigenvalue weighted by molar-refractivity contribution is 0.0992. The Bertz CT molecular complexity index is 855. The third kappa shape index (κ3) is 4.43. The Morgan fingerprint density at radius 1 is 1.08 bits per heavy atom. The second-order valence-electron chi connectivity index (χ2n) is 5.47. The van der Waals surface area contributed by atoms with Gasteiger partial charge < -0.3 is 14.5 Å². The lowest BCUT2D eigenvalue weighted by Crippen LogP contribution is -2.12. The zero-order chi connectivity index (χ0) is 17.6. The van der Waals surface area contributed by atoms with Crippen LogP contribution < -0.4 is 10.1 Å². The van der Waals surface area contributed by atoms with Crippen LogP contribution >= 0.6 is 11.6 Å². The molecule has 5 heteroatoms. The number of anilines is 1. The van der Waals surface area contributed by atoms with E-state index in [2.05, 4.69) is 5.32 Å². The van der Waals surface area contributed by atoms with Gasteiger partial charge in [0.2, 0.25) is 0 Å². The fourth-order valence-corrected chi connectivity index (χ4v) is 2.52. The highest BCUT2D eigenvalue weighted by Gasteiger charge is 2.13. The van der Waals surface area contributed by atoms with Crippen molar-refractivity contribution >= 4 is 23.2 Å². The topological polar surface area (TPSA) is 51.5 Å². The number of carbonyl (C=O) groups is 1. The highest BCUT2D eigenvalue weighted by atomic mass is 35.5. The molecular weight excluding hydrogens is 338 g/mol. The average Bonchev–Trinajstić information content (AvgIpc) is 3.11. The number of benzene rings is 2. The maximum Gasteiger partial charge on any atom is 0.291 e. The van der Waals surface area contributed by atoms with Crippen molar-refractivity contribution in [3.05, 3.63) is 82.8 Å². The first-order chi connectivity index (χ1) is 12.2. The number of rotatable bonds is 6. The first-order valence-electron chi connectivity index (χ1n) is 8.02. The van der Waals surface area contributed by atoms with Crippen molar-refractivity contribution in [2.75, 3.05) is 5.32 Å². The van der Waals surface area contributed by atoms with Crippen LogP contribution in [-0.2, 0) is 13.0 Å². The van der Waals surface area contributed by atoms with E-state index in [1.807, 2.05) is 31.2 Å². The van der Waals surface area contributed by atoms with E-state index >= 15 is 0 Å². The minimum Gasteiger partial charge on any atom is -0.486 e. The predicted molar refractivity (Wildman–Crippen MR) is 98.3 cm³/mol. The Kier molecular flexibility index (Phi) is 5.41. The number of carbonyl (C=O) groups excluding carboxylic acids is 1. The van der Waals surface area contributed by atoms with Gasteiger partial charge >= 0.3 is 0 Å². The summed E-state index contributed by atoms with van der Waals surface area (Å²) < 4.78 is 11.2. The first-order valence-corrected chi connectivity index (χ1v) is 8.40. The molecule has 2 aromatic carbocycles. The molecule has 0 aliphatic carbocycles.